The first kappa shape index (κ1) is 19.4. The van der Waals surface area contributed by atoms with E-state index < -0.39 is 0 Å². The van der Waals surface area contributed by atoms with Gasteiger partial charge in [-0.25, -0.2) is 4.98 Å². The van der Waals surface area contributed by atoms with Crippen LogP contribution < -0.4 is 4.74 Å². The highest BCUT2D eigenvalue weighted by atomic mass is 32.1. The molecule has 5 aromatic rings. The maximum Gasteiger partial charge on any atom is 0.208 e. The molecular weight excluding hydrogens is 410 g/mol. The van der Waals surface area contributed by atoms with E-state index in [1.807, 2.05) is 42.5 Å². The summed E-state index contributed by atoms with van der Waals surface area (Å²) in [6.45, 7) is 6.89. The van der Waals surface area contributed by atoms with E-state index in [2.05, 4.69) is 52.8 Å². The summed E-state index contributed by atoms with van der Waals surface area (Å²) in [7, 11) is 0. The largest absolute Gasteiger partial charge is 0.488 e. The third-order valence-electron chi connectivity index (χ3n) is 4.93. The molecule has 2 aromatic carbocycles. The second-order valence-electron chi connectivity index (χ2n) is 8.29. The number of para-hydroxylation sites is 1. The predicted octanol–water partition coefficient (Wildman–Crippen LogP) is 5.61. The van der Waals surface area contributed by atoms with Crippen molar-refractivity contribution in [3.8, 4) is 27.9 Å². The first-order valence-electron chi connectivity index (χ1n) is 9.92. The molecule has 0 saturated heterocycles. The lowest BCUT2D eigenvalue weighted by Gasteiger charge is -2.13. The van der Waals surface area contributed by atoms with E-state index in [1.54, 1.807) is 11.3 Å². The lowest BCUT2D eigenvalue weighted by atomic mass is 9.93. The summed E-state index contributed by atoms with van der Waals surface area (Å²) in [6.07, 6.45) is 0. The second kappa shape index (κ2) is 7.63. The SMILES string of the molecule is CC(C)(C)c1csc(-c2cc3cc(COc4ccccc4-c4nn[nH]n4)ccc3o2)n1. The fraction of sp³-hybridized carbons (Fsp3) is 0.217. The fourth-order valence-electron chi connectivity index (χ4n) is 3.23. The van der Waals surface area contributed by atoms with Gasteiger partial charge in [-0.15, -0.1) is 21.5 Å². The van der Waals surface area contributed by atoms with Crippen molar-refractivity contribution in [1.82, 2.24) is 25.6 Å². The number of aromatic nitrogens is 5. The number of tetrazole rings is 1. The second-order valence-corrected chi connectivity index (χ2v) is 9.15. The number of fused-ring (bicyclic) bond motifs is 1. The van der Waals surface area contributed by atoms with E-state index in [9.17, 15) is 0 Å². The van der Waals surface area contributed by atoms with Crippen molar-refractivity contribution in [3.63, 3.8) is 0 Å². The van der Waals surface area contributed by atoms with Crippen LogP contribution in [0, 0.1) is 0 Å². The van der Waals surface area contributed by atoms with Gasteiger partial charge in [-0.2, -0.15) is 5.21 Å². The fourth-order valence-corrected chi connectivity index (χ4v) is 4.23. The first-order chi connectivity index (χ1) is 15.0. The number of benzene rings is 2. The van der Waals surface area contributed by atoms with Gasteiger partial charge in [-0.1, -0.05) is 39.0 Å². The van der Waals surface area contributed by atoms with Crippen molar-refractivity contribution in [2.75, 3.05) is 0 Å². The smallest absolute Gasteiger partial charge is 0.208 e. The Morgan fingerprint density at radius 1 is 1.10 bits per heavy atom. The van der Waals surface area contributed by atoms with Gasteiger partial charge in [-0.05, 0) is 41.1 Å². The van der Waals surface area contributed by atoms with Crippen molar-refractivity contribution < 1.29 is 9.15 Å². The molecule has 7 nitrogen and oxygen atoms in total. The molecule has 8 heteroatoms. The Kier molecular flexibility index (Phi) is 4.78. The number of furan rings is 1. The minimum atomic E-state index is 0.0169. The lowest BCUT2D eigenvalue weighted by Crippen LogP contribution is -2.11. The van der Waals surface area contributed by atoms with Crippen molar-refractivity contribution >= 4 is 22.3 Å². The van der Waals surface area contributed by atoms with Gasteiger partial charge in [0.1, 0.15) is 17.9 Å². The Balaban J connectivity index is 1.37. The van der Waals surface area contributed by atoms with Crippen molar-refractivity contribution in [2.24, 2.45) is 0 Å². The summed E-state index contributed by atoms with van der Waals surface area (Å²) in [6, 6.07) is 15.7. The van der Waals surface area contributed by atoms with Crippen LogP contribution in [0.3, 0.4) is 0 Å². The highest BCUT2D eigenvalue weighted by molar-refractivity contribution is 7.13. The molecule has 0 bridgehead atoms. The molecule has 0 fully saturated rings. The predicted molar refractivity (Wildman–Crippen MR) is 120 cm³/mol. The van der Waals surface area contributed by atoms with Crippen LogP contribution >= 0.6 is 11.3 Å². The molecule has 1 N–H and O–H groups in total. The van der Waals surface area contributed by atoms with Gasteiger partial charge in [0.2, 0.25) is 5.82 Å². The number of aromatic amines is 1. The van der Waals surface area contributed by atoms with Gasteiger partial charge in [0, 0.05) is 16.2 Å². The van der Waals surface area contributed by atoms with Crippen LogP contribution in [-0.4, -0.2) is 25.6 Å². The van der Waals surface area contributed by atoms with Crippen molar-refractivity contribution in [2.45, 2.75) is 32.8 Å². The lowest BCUT2D eigenvalue weighted by molar-refractivity contribution is 0.307. The zero-order valence-electron chi connectivity index (χ0n) is 17.4. The van der Waals surface area contributed by atoms with Crippen LogP contribution in [0.1, 0.15) is 32.0 Å². The Morgan fingerprint density at radius 2 is 1.97 bits per heavy atom. The Labute approximate surface area is 183 Å². The molecule has 0 radical (unpaired) electrons. The maximum atomic E-state index is 6.07. The summed E-state index contributed by atoms with van der Waals surface area (Å²) in [5.41, 5.74) is 3.75. The molecule has 0 aliphatic rings. The van der Waals surface area contributed by atoms with Crippen LogP contribution in [0.25, 0.3) is 33.1 Å². The molecular formula is C23H21N5O2S. The summed E-state index contributed by atoms with van der Waals surface area (Å²) >= 11 is 1.61. The van der Waals surface area contributed by atoms with Gasteiger partial charge >= 0.3 is 0 Å². The van der Waals surface area contributed by atoms with E-state index in [4.69, 9.17) is 14.1 Å². The number of hydrogen-bond acceptors (Lipinski definition) is 7. The van der Waals surface area contributed by atoms with Gasteiger partial charge in [-0.3, -0.25) is 0 Å². The number of ether oxygens (including phenoxy) is 1. The number of nitrogens with zero attached hydrogens (tertiary/aromatic N) is 4. The van der Waals surface area contributed by atoms with Gasteiger partial charge < -0.3 is 9.15 Å². The van der Waals surface area contributed by atoms with Gasteiger partial charge in [0.15, 0.2) is 10.8 Å². The van der Waals surface area contributed by atoms with E-state index in [0.29, 0.717) is 18.2 Å². The van der Waals surface area contributed by atoms with E-state index >= 15 is 0 Å². The van der Waals surface area contributed by atoms with Crippen LogP contribution in [0.4, 0.5) is 0 Å². The van der Waals surface area contributed by atoms with Crippen molar-refractivity contribution in [3.05, 3.63) is 65.2 Å². The molecule has 0 spiro atoms. The minimum absolute atomic E-state index is 0.0169. The molecule has 3 aromatic heterocycles. The number of rotatable bonds is 5. The van der Waals surface area contributed by atoms with Gasteiger partial charge in [0.05, 0.1) is 11.3 Å². The molecule has 3 heterocycles. The van der Waals surface area contributed by atoms with Crippen LogP contribution in [0.15, 0.2) is 58.3 Å². The Morgan fingerprint density at radius 3 is 2.74 bits per heavy atom. The monoisotopic (exact) mass is 431 g/mol. The molecule has 31 heavy (non-hydrogen) atoms. The molecule has 0 unspecified atom stereocenters. The molecule has 0 saturated carbocycles. The number of hydrogen-bond donors (Lipinski definition) is 1. The normalized spacial score (nSPS) is 11.8. The zero-order chi connectivity index (χ0) is 21.4. The number of H-pyrrole nitrogens is 1. The summed E-state index contributed by atoms with van der Waals surface area (Å²) in [5, 5.41) is 18.2. The van der Waals surface area contributed by atoms with Crippen LogP contribution in [0.2, 0.25) is 0 Å². The third-order valence-corrected chi connectivity index (χ3v) is 5.79. The molecule has 5 rings (SSSR count). The van der Waals surface area contributed by atoms with Gasteiger partial charge in [0.25, 0.3) is 0 Å². The molecule has 0 atom stereocenters. The highest BCUT2D eigenvalue weighted by Gasteiger charge is 2.19. The topological polar surface area (TPSA) is 89.7 Å². The number of nitrogens with one attached hydrogen (secondary N) is 1. The summed E-state index contributed by atoms with van der Waals surface area (Å²) in [5.74, 6) is 1.99. The molecule has 156 valence electrons. The van der Waals surface area contributed by atoms with E-state index in [1.165, 1.54) is 0 Å². The van der Waals surface area contributed by atoms with Crippen LogP contribution in [-0.2, 0) is 12.0 Å². The van der Waals surface area contributed by atoms with E-state index in [-0.39, 0.29) is 5.41 Å². The third kappa shape index (κ3) is 3.94. The van der Waals surface area contributed by atoms with Crippen molar-refractivity contribution in [1.29, 1.82) is 0 Å². The standard InChI is InChI=1S/C23H21N5O2S/c1-23(2,3)20-13-31-22(24-20)19-11-15-10-14(8-9-17(15)30-19)12-29-18-7-5-4-6-16(18)21-25-27-28-26-21/h4-11,13H,12H2,1-3H3,(H,25,26,27,28). The molecule has 0 amide bonds. The quantitative estimate of drug-likeness (QED) is 0.389. The molecule has 0 aliphatic heterocycles. The average molecular weight is 432 g/mol. The summed E-state index contributed by atoms with van der Waals surface area (Å²) in [4.78, 5) is 4.76. The Bertz CT molecular complexity index is 1330. The summed E-state index contributed by atoms with van der Waals surface area (Å²) < 4.78 is 12.1. The van der Waals surface area contributed by atoms with Crippen LogP contribution in [0.5, 0.6) is 5.75 Å². The number of thiazole rings is 1. The maximum absolute atomic E-state index is 6.07. The Hall–Kier alpha value is -3.52. The average Bonchev–Trinajstić information content (AvgIpc) is 3.51. The highest BCUT2D eigenvalue weighted by Crippen LogP contribution is 2.34. The van der Waals surface area contributed by atoms with E-state index in [0.717, 1.165) is 38.6 Å². The first-order valence-corrected chi connectivity index (χ1v) is 10.8. The molecule has 0 aliphatic carbocycles. The zero-order valence-corrected chi connectivity index (χ0v) is 18.2. The minimum Gasteiger partial charge on any atom is -0.488 e.